The first kappa shape index (κ1) is 27.7. The predicted molar refractivity (Wildman–Crippen MR) is 158 cm³/mol. The lowest BCUT2D eigenvalue weighted by Gasteiger charge is -2.25. The lowest BCUT2D eigenvalue weighted by atomic mass is 9.85. The lowest BCUT2D eigenvalue weighted by Crippen LogP contribution is -2.26. The number of rotatable bonds is 10. The van der Waals surface area contributed by atoms with Crippen molar-refractivity contribution in [2.45, 2.75) is 62.7 Å². The van der Waals surface area contributed by atoms with Crippen LogP contribution in [-0.4, -0.2) is 52.0 Å². The Morgan fingerprint density at radius 1 is 1.20 bits per heavy atom. The van der Waals surface area contributed by atoms with Crippen molar-refractivity contribution >= 4 is 32.1 Å². The van der Waals surface area contributed by atoms with Crippen LogP contribution in [0.5, 0.6) is 0 Å². The molecule has 1 saturated carbocycles. The number of imidazole rings is 1. The zero-order valence-electron chi connectivity index (χ0n) is 23.4. The summed E-state index contributed by atoms with van der Waals surface area (Å²) in [5.41, 5.74) is 10.9. The molecule has 3 aromatic heterocycles. The highest BCUT2D eigenvalue weighted by atomic mass is 32.2. The molecule has 5 N–H and O–H groups in total. The number of aromatic nitrogens is 4. The van der Waals surface area contributed by atoms with Crippen molar-refractivity contribution in [3.63, 3.8) is 0 Å². The van der Waals surface area contributed by atoms with E-state index in [-0.39, 0.29) is 11.1 Å². The molecule has 0 amide bonds. The van der Waals surface area contributed by atoms with E-state index in [1.807, 2.05) is 16.7 Å². The second-order valence-electron chi connectivity index (χ2n) is 11.3. The van der Waals surface area contributed by atoms with Gasteiger partial charge in [-0.05, 0) is 68.3 Å². The number of pyridine rings is 1. The van der Waals surface area contributed by atoms with Gasteiger partial charge in [-0.1, -0.05) is 12.5 Å². The number of nitrogens with one attached hydrogen (secondary N) is 1. The molecule has 1 atom stereocenters. The summed E-state index contributed by atoms with van der Waals surface area (Å²) in [6.07, 6.45) is 15.2. The topological polar surface area (TPSA) is 146 Å². The number of hydrogen-bond acceptors (Lipinski definition) is 9. The number of nitrogens with two attached hydrogens (primary N) is 2. The molecule has 2 aliphatic rings. The summed E-state index contributed by atoms with van der Waals surface area (Å²) in [7, 11) is -3.51. The number of hydrazine groups is 1. The van der Waals surface area contributed by atoms with E-state index in [4.69, 9.17) is 21.3 Å². The third-order valence-electron chi connectivity index (χ3n) is 8.06. The molecule has 41 heavy (non-hydrogen) atoms. The number of ether oxygens (including phenoxy) is 1. The molecule has 0 radical (unpaired) electrons. The summed E-state index contributed by atoms with van der Waals surface area (Å²) in [5, 5.41) is 10.3. The molecule has 4 aromatic rings. The van der Waals surface area contributed by atoms with Crippen LogP contribution in [0.1, 0.15) is 61.6 Å². The minimum Gasteiger partial charge on any atom is -0.397 e. The van der Waals surface area contributed by atoms with Gasteiger partial charge in [0, 0.05) is 49.0 Å². The van der Waals surface area contributed by atoms with Gasteiger partial charge in [-0.3, -0.25) is 0 Å². The largest absolute Gasteiger partial charge is 0.397 e. The number of fused-ring (bicyclic) bond motifs is 2. The zero-order valence-corrected chi connectivity index (χ0v) is 24.2. The third kappa shape index (κ3) is 6.10. The zero-order chi connectivity index (χ0) is 28.6. The molecule has 218 valence electrons. The SMILES string of the molecule is CS(=O)(=O)c1cc(/C(N)=C/N(N)Cc2cn3cc(CNCC4CCC4)ccc3n2)c2cnn(C3CCCCO3)c2c1. The Kier molecular flexibility index (Phi) is 7.73. The van der Waals surface area contributed by atoms with Gasteiger partial charge in [0.1, 0.15) is 5.65 Å². The molecular formula is C29H38N8O3S. The van der Waals surface area contributed by atoms with Crippen LogP contribution in [0.4, 0.5) is 0 Å². The van der Waals surface area contributed by atoms with Gasteiger partial charge >= 0.3 is 0 Å². The first-order valence-corrected chi connectivity index (χ1v) is 16.1. The molecule has 6 rings (SSSR count). The molecular weight excluding hydrogens is 540 g/mol. The summed E-state index contributed by atoms with van der Waals surface area (Å²) < 4.78 is 34.8. The lowest BCUT2D eigenvalue weighted by molar-refractivity contribution is -0.0366. The van der Waals surface area contributed by atoms with Crippen LogP contribution >= 0.6 is 0 Å². The maximum atomic E-state index is 12.6. The van der Waals surface area contributed by atoms with E-state index in [1.165, 1.54) is 36.1 Å². The van der Waals surface area contributed by atoms with E-state index in [1.54, 1.807) is 29.2 Å². The average molecular weight is 579 g/mol. The van der Waals surface area contributed by atoms with Gasteiger partial charge in [0.25, 0.3) is 0 Å². The van der Waals surface area contributed by atoms with Crippen LogP contribution in [0.2, 0.25) is 0 Å². The molecule has 2 fully saturated rings. The normalized spacial score (nSPS) is 18.7. The van der Waals surface area contributed by atoms with Crippen LogP contribution in [0.15, 0.2) is 54.0 Å². The highest BCUT2D eigenvalue weighted by molar-refractivity contribution is 7.90. The Morgan fingerprint density at radius 3 is 2.78 bits per heavy atom. The monoisotopic (exact) mass is 578 g/mol. The van der Waals surface area contributed by atoms with E-state index in [2.05, 4.69) is 22.7 Å². The molecule has 1 aromatic carbocycles. The van der Waals surface area contributed by atoms with Crippen LogP contribution in [0.3, 0.4) is 0 Å². The highest BCUT2D eigenvalue weighted by Gasteiger charge is 2.22. The fourth-order valence-electron chi connectivity index (χ4n) is 5.59. The Labute approximate surface area is 240 Å². The fraction of sp³-hybridized carbons (Fsp3) is 0.448. The Hall–Kier alpha value is -3.45. The summed E-state index contributed by atoms with van der Waals surface area (Å²) in [6, 6.07) is 7.32. The molecule has 1 aliphatic heterocycles. The second-order valence-corrected chi connectivity index (χ2v) is 13.3. The fourth-order valence-corrected chi connectivity index (χ4v) is 6.25. The van der Waals surface area contributed by atoms with Crippen molar-refractivity contribution in [1.82, 2.24) is 29.5 Å². The molecule has 11 nitrogen and oxygen atoms in total. The van der Waals surface area contributed by atoms with E-state index in [0.29, 0.717) is 29.9 Å². The van der Waals surface area contributed by atoms with Gasteiger partial charge < -0.3 is 25.2 Å². The molecule has 4 heterocycles. The number of sulfone groups is 1. The standard InChI is InChI=1S/C29H38N8O3S/c1-41(38,39)23-11-24(25-15-33-37(27(25)12-23)29-7-2-3-10-40-29)26(30)19-36(31)18-22-17-35-16-21(8-9-28(35)34-22)14-32-13-20-5-4-6-20/h8-9,11-12,15-17,19-20,29,32H,2-7,10,13-14,18,30-31H2,1H3/b26-19-. The maximum Gasteiger partial charge on any atom is 0.175 e. The van der Waals surface area contributed by atoms with Crippen molar-refractivity contribution < 1.29 is 13.2 Å². The summed E-state index contributed by atoms with van der Waals surface area (Å²) >= 11 is 0. The van der Waals surface area contributed by atoms with Gasteiger partial charge in [-0.2, -0.15) is 5.10 Å². The maximum absolute atomic E-state index is 12.6. The summed E-state index contributed by atoms with van der Waals surface area (Å²) in [5.74, 6) is 7.18. The Bertz CT molecular complexity index is 1680. The predicted octanol–water partition coefficient (Wildman–Crippen LogP) is 3.31. The van der Waals surface area contributed by atoms with Crippen molar-refractivity contribution in [1.29, 1.82) is 0 Å². The first-order valence-electron chi connectivity index (χ1n) is 14.2. The number of benzene rings is 1. The minimum absolute atomic E-state index is 0.163. The van der Waals surface area contributed by atoms with Crippen molar-refractivity contribution in [3.05, 3.63) is 65.9 Å². The molecule has 1 saturated heterocycles. The molecule has 1 unspecified atom stereocenters. The van der Waals surface area contributed by atoms with E-state index < -0.39 is 9.84 Å². The van der Waals surface area contributed by atoms with E-state index >= 15 is 0 Å². The van der Waals surface area contributed by atoms with Crippen LogP contribution < -0.4 is 16.9 Å². The number of nitrogens with zero attached hydrogens (tertiary/aromatic N) is 5. The van der Waals surface area contributed by atoms with Crippen molar-refractivity contribution in [3.8, 4) is 0 Å². The summed E-state index contributed by atoms with van der Waals surface area (Å²) in [6.45, 7) is 2.86. The minimum atomic E-state index is -3.51. The molecule has 0 bridgehead atoms. The van der Waals surface area contributed by atoms with Crippen LogP contribution in [0.25, 0.3) is 22.2 Å². The second kappa shape index (κ2) is 11.4. The third-order valence-corrected chi connectivity index (χ3v) is 9.15. The highest BCUT2D eigenvalue weighted by Crippen LogP contribution is 2.32. The molecule has 1 aliphatic carbocycles. The number of hydrogen-bond donors (Lipinski definition) is 3. The molecule has 0 spiro atoms. The average Bonchev–Trinajstić information content (AvgIpc) is 3.52. The van der Waals surface area contributed by atoms with Crippen molar-refractivity contribution in [2.75, 3.05) is 19.4 Å². The quantitative estimate of drug-likeness (QED) is 0.191. The van der Waals surface area contributed by atoms with Gasteiger partial charge in [0.2, 0.25) is 0 Å². The van der Waals surface area contributed by atoms with Gasteiger partial charge in [-0.25, -0.2) is 23.9 Å². The first-order chi connectivity index (χ1) is 19.7. The Morgan fingerprint density at radius 2 is 2.05 bits per heavy atom. The van der Waals surface area contributed by atoms with Gasteiger partial charge in [-0.15, -0.1) is 0 Å². The smallest absolute Gasteiger partial charge is 0.175 e. The summed E-state index contributed by atoms with van der Waals surface area (Å²) in [4.78, 5) is 4.86. The van der Waals surface area contributed by atoms with E-state index in [0.717, 1.165) is 55.0 Å². The van der Waals surface area contributed by atoms with Crippen LogP contribution in [0, 0.1) is 5.92 Å². The van der Waals surface area contributed by atoms with Gasteiger partial charge in [0.15, 0.2) is 16.1 Å². The van der Waals surface area contributed by atoms with Crippen molar-refractivity contribution in [2.24, 2.45) is 17.5 Å². The van der Waals surface area contributed by atoms with E-state index in [9.17, 15) is 8.42 Å². The Balaban J connectivity index is 1.22. The van der Waals surface area contributed by atoms with Gasteiger partial charge in [0.05, 0.1) is 34.5 Å². The molecule has 12 heteroatoms. The van der Waals surface area contributed by atoms with Crippen LogP contribution in [-0.2, 0) is 27.7 Å².